The molecular weight excluding hydrogens is 358 g/mol. The van der Waals surface area contributed by atoms with Gasteiger partial charge in [-0.2, -0.15) is 0 Å². The second kappa shape index (κ2) is 6.36. The molecule has 1 amide bonds. The first-order valence-corrected chi connectivity index (χ1v) is 9.06. The Morgan fingerprint density at radius 2 is 1.82 bits per heavy atom. The van der Waals surface area contributed by atoms with E-state index in [1.807, 2.05) is 32.1 Å². The fourth-order valence-corrected chi connectivity index (χ4v) is 3.85. The number of benzene rings is 2. The molecule has 2 atom stereocenters. The molecule has 0 fully saturated rings. The van der Waals surface area contributed by atoms with Crippen LogP contribution in [0.2, 0.25) is 0 Å². The van der Waals surface area contributed by atoms with E-state index in [0.29, 0.717) is 28.3 Å². The number of aliphatic hydroxyl groups is 1. The quantitative estimate of drug-likeness (QED) is 0.854. The van der Waals surface area contributed by atoms with Gasteiger partial charge in [0.1, 0.15) is 17.1 Å². The zero-order chi connectivity index (χ0) is 20.1. The van der Waals surface area contributed by atoms with Crippen molar-refractivity contribution in [2.75, 3.05) is 19.5 Å². The number of ether oxygens (including phenoxy) is 3. The first-order valence-electron chi connectivity index (χ1n) is 9.06. The Kier molecular flexibility index (Phi) is 4.21. The number of methoxy groups -OCH3 is 2. The van der Waals surface area contributed by atoms with Gasteiger partial charge in [0, 0.05) is 12.7 Å². The Hall–Kier alpha value is -2.83. The van der Waals surface area contributed by atoms with Crippen molar-refractivity contribution in [1.82, 2.24) is 0 Å². The van der Waals surface area contributed by atoms with Crippen molar-refractivity contribution in [2.45, 2.75) is 31.2 Å². The summed E-state index contributed by atoms with van der Waals surface area (Å²) in [6.07, 6.45) is 2.78. The minimum Gasteiger partial charge on any atom is -0.497 e. The molecule has 0 bridgehead atoms. The summed E-state index contributed by atoms with van der Waals surface area (Å²) in [5.74, 6) is 0.765. The van der Waals surface area contributed by atoms with Crippen LogP contribution < -0.4 is 14.8 Å². The maximum Gasteiger partial charge on any atom is 0.257 e. The van der Waals surface area contributed by atoms with E-state index in [1.165, 1.54) is 7.11 Å². The van der Waals surface area contributed by atoms with Crippen molar-refractivity contribution in [3.8, 4) is 11.5 Å². The van der Waals surface area contributed by atoms with Crippen molar-refractivity contribution in [2.24, 2.45) is 0 Å². The summed E-state index contributed by atoms with van der Waals surface area (Å²) in [5.41, 5.74) is 0.0512. The van der Waals surface area contributed by atoms with Crippen LogP contribution in [0.1, 0.15) is 30.5 Å². The van der Waals surface area contributed by atoms with Crippen LogP contribution in [0.25, 0.3) is 6.08 Å². The zero-order valence-corrected chi connectivity index (χ0v) is 16.3. The topological polar surface area (TPSA) is 77.0 Å². The molecule has 2 aliphatic rings. The Balaban J connectivity index is 2.00. The number of carbonyl (C=O) groups is 1. The summed E-state index contributed by atoms with van der Waals surface area (Å²) in [6, 6.07) is 10.6. The molecule has 6 nitrogen and oxygen atoms in total. The fourth-order valence-electron chi connectivity index (χ4n) is 3.85. The molecule has 146 valence electrons. The highest BCUT2D eigenvalue weighted by Gasteiger charge is 2.52. The smallest absolute Gasteiger partial charge is 0.257 e. The number of hydrogen-bond donors (Lipinski definition) is 2. The van der Waals surface area contributed by atoms with Gasteiger partial charge < -0.3 is 24.6 Å². The third-order valence-corrected chi connectivity index (χ3v) is 5.24. The first kappa shape index (κ1) is 18.5. The molecule has 2 aromatic carbocycles. The SMILES string of the molecule is COc1ccc(C2(O)c3c(ccc4c3OC(C)(C)C=C4)NC(=O)C2OC)cc1. The van der Waals surface area contributed by atoms with E-state index in [9.17, 15) is 9.90 Å². The summed E-state index contributed by atoms with van der Waals surface area (Å²) in [4.78, 5) is 12.7. The number of carbonyl (C=O) groups excluding carboxylic acids is 1. The Bertz CT molecular complexity index is 964. The summed E-state index contributed by atoms with van der Waals surface area (Å²) >= 11 is 0. The van der Waals surface area contributed by atoms with Crippen molar-refractivity contribution < 1.29 is 24.1 Å². The average Bonchev–Trinajstić information content (AvgIpc) is 2.67. The van der Waals surface area contributed by atoms with E-state index in [1.54, 1.807) is 37.4 Å². The van der Waals surface area contributed by atoms with Gasteiger partial charge in [0.05, 0.1) is 18.4 Å². The molecule has 2 N–H and O–H groups in total. The molecule has 0 aliphatic carbocycles. The van der Waals surface area contributed by atoms with Gasteiger partial charge in [-0.25, -0.2) is 0 Å². The number of nitrogens with one attached hydrogen (secondary N) is 1. The minimum atomic E-state index is -1.73. The van der Waals surface area contributed by atoms with Crippen LogP contribution in [0.5, 0.6) is 11.5 Å². The highest BCUT2D eigenvalue weighted by molar-refractivity contribution is 6.00. The lowest BCUT2D eigenvalue weighted by molar-refractivity contribution is -0.142. The first-order chi connectivity index (χ1) is 13.3. The van der Waals surface area contributed by atoms with Crippen LogP contribution in [0.4, 0.5) is 5.69 Å². The Labute approximate surface area is 163 Å². The van der Waals surface area contributed by atoms with Gasteiger partial charge in [0.2, 0.25) is 0 Å². The Morgan fingerprint density at radius 3 is 2.46 bits per heavy atom. The number of hydrogen-bond acceptors (Lipinski definition) is 5. The lowest BCUT2D eigenvalue weighted by Crippen LogP contribution is -2.53. The molecule has 28 heavy (non-hydrogen) atoms. The average molecular weight is 381 g/mol. The summed E-state index contributed by atoms with van der Waals surface area (Å²) in [6.45, 7) is 3.88. The molecule has 0 aromatic heterocycles. The second-order valence-electron chi connectivity index (χ2n) is 7.55. The molecular formula is C22H23NO5. The predicted molar refractivity (Wildman–Crippen MR) is 106 cm³/mol. The van der Waals surface area contributed by atoms with Crippen molar-refractivity contribution >= 4 is 17.7 Å². The van der Waals surface area contributed by atoms with E-state index in [2.05, 4.69) is 5.32 Å². The molecule has 4 rings (SSSR count). The fraction of sp³-hybridized carbons (Fsp3) is 0.318. The van der Waals surface area contributed by atoms with Crippen LogP contribution in [0.3, 0.4) is 0 Å². The number of amides is 1. The number of fused-ring (bicyclic) bond motifs is 3. The van der Waals surface area contributed by atoms with E-state index >= 15 is 0 Å². The van der Waals surface area contributed by atoms with E-state index < -0.39 is 23.2 Å². The van der Waals surface area contributed by atoms with E-state index in [0.717, 1.165) is 5.56 Å². The van der Waals surface area contributed by atoms with E-state index in [-0.39, 0.29) is 0 Å². The largest absolute Gasteiger partial charge is 0.497 e. The van der Waals surface area contributed by atoms with Crippen LogP contribution in [0, 0.1) is 0 Å². The van der Waals surface area contributed by atoms with Crippen molar-refractivity contribution in [3.05, 3.63) is 59.2 Å². The third kappa shape index (κ3) is 2.68. The normalized spacial score (nSPS) is 24.6. The van der Waals surface area contributed by atoms with Gasteiger partial charge in [0.15, 0.2) is 11.7 Å². The minimum absolute atomic E-state index is 0.418. The monoisotopic (exact) mass is 381 g/mol. The maximum absolute atomic E-state index is 12.7. The number of anilines is 1. The van der Waals surface area contributed by atoms with Crippen LogP contribution in [-0.4, -0.2) is 36.9 Å². The third-order valence-electron chi connectivity index (χ3n) is 5.24. The maximum atomic E-state index is 12.7. The predicted octanol–water partition coefficient (Wildman–Crippen LogP) is 3.08. The van der Waals surface area contributed by atoms with Gasteiger partial charge in [-0.1, -0.05) is 18.2 Å². The highest BCUT2D eigenvalue weighted by Crippen LogP contribution is 2.50. The highest BCUT2D eigenvalue weighted by atomic mass is 16.5. The van der Waals surface area contributed by atoms with Crippen LogP contribution in [0.15, 0.2) is 42.5 Å². The van der Waals surface area contributed by atoms with E-state index in [4.69, 9.17) is 14.2 Å². The lowest BCUT2D eigenvalue weighted by atomic mass is 9.76. The molecule has 0 spiro atoms. The van der Waals surface area contributed by atoms with Gasteiger partial charge >= 0.3 is 0 Å². The van der Waals surface area contributed by atoms with Crippen LogP contribution >= 0.6 is 0 Å². The second-order valence-corrected chi connectivity index (χ2v) is 7.55. The summed E-state index contributed by atoms with van der Waals surface area (Å²) in [7, 11) is 2.98. The molecule has 2 aliphatic heterocycles. The Morgan fingerprint density at radius 1 is 1.11 bits per heavy atom. The molecule has 2 heterocycles. The lowest BCUT2D eigenvalue weighted by Gasteiger charge is -2.42. The zero-order valence-electron chi connectivity index (χ0n) is 16.3. The summed E-state index contributed by atoms with van der Waals surface area (Å²) < 4.78 is 16.9. The van der Waals surface area contributed by atoms with Crippen molar-refractivity contribution in [3.63, 3.8) is 0 Å². The van der Waals surface area contributed by atoms with Crippen molar-refractivity contribution in [1.29, 1.82) is 0 Å². The number of rotatable bonds is 3. The molecule has 2 aromatic rings. The van der Waals surface area contributed by atoms with Gasteiger partial charge in [-0.15, -0.1) is 0 Å². The molecule has 2 unspecified atom stereocenters. The van der Waals surface area contributed by atoms with Gasteiger partial charge in [0.25, 0.3) is 5.91 Å². The molecule has 0 saturated carbocycles. The van der Waals surface area contributed by atoms with Crippen LogP contribution in [-0.2, 0) is 15.1 Å². The van der Waals surface area contributed by atoms with Gasteiger partial charge in [-0.3, -0.25) is 4.79 Å². The standard InChI is InChI=1S/C22H23NO5/c1-21(2)12-11-13-5-10-16-17(18(13)28-21)22(25,19(27-4)20(24)23-16)14-6-8-15(26-3)9-7-14/h5-12,19,25H,1-4H3,(H,23,24). The molecule has 0 radical (unpaired) electrons. The molecule has 6 heteroatoms. The summed E-state index contributed by atoms with van der Waals surface area (Å²) in [5, 5.41) is 14.8. The molecule has 0 saturated heterocycles. The van der Waals surface area contributed by atoms with Gasteiger partial charge in [-0.05, 0) is 49.8 Å².